The molecule has 0 fully saturated rings. The van der Waals surface area contributed by atoms with E-state index in [2.05, 4.69) is 25.9 Å². The lowest BCUT2D eigenvalue weighted by Gasteiger charge is -1.86. The van der Waals surface area contributed by atoms with E-state index in [1.807, 2.05) is 0 Å². The lowest BCUT2D eigenvalue weighted by Crippen LogP contribution is -1.82. The van der Waals surface area contributed by atoms with Crippen molar-refractivity contribution in [2.75, 3.05) is 0 Å². The van der Waals surface area contributed by atoms with Gasteiger partial charge in [-0.15, -0.1) is 0 Å². The number of halogens is 1. The molecular formula is C5H3BrN2. The van der Waals surface area contributed by atoms with Crippen molar-refractivity contribution in [1.82, 2.24) is 9.97 Å². The maximum Gasteiger partial charge on any atom is 0.132 e. The Morgan fingerprint density at radius 3 is 2.25 bits per heavy atom. The summed E-state index contributed by atoms with van der Waals surface area (Å²) >= 11 is 3.16. The van der Waals surface area contributed by atoms with Crippen molar-refractivity contribution in [3.63, 3.8) is 0 Å². The fourth-order valence-electron chi connectivity index (χ4n) is 0.322. The summed E-state index contributed by atoms with van der Waals surface area (Å²) < 4.78 is 0.840. The molecular weight excluding hydrogens is 168 g/mol. The third-order valence-electron chi connectivity index (χ3n) is 0.640. The molecule has 0 N–H and O–H groups in total. The summed E-state index contributed by atoms with van der Waals surface area (Å²) in [7, 11) is 0. The molecule has 0 saturated carbocycles. The fourth-order valence-corrected chi connectivity index (χ4v) is 0.527. The maximum absolute atomic E-state index is 5.18. The van der Waals surface area contributed by atoms with E-state index in [1.165, 1.54) is 0 Å². The molecule has 40 valence electrons. The first kappa shape index (κ1) is 5.69. The Morgan fingerprint density at radius 1 is 1.38 bits per heavy atom. The van der Waals surface area contributed by atoms with Gasteiger partial charge in [0.1, 0.15) is 5.82 Å². The van der Waals surface area contributed by atoms with Crippen LogP contribution in [-0.4, -0.2) is 9.97 Å². The van der Waals surface area contributed by atoms with Crippen molar-refractivity contribution >= 4 is 15.9 Å². The first-order valence-electron chi connectivity index (χ1n) is 2.02. The van der Waals surface area contributed by atoms with Crippen LogP contribution >= 0.6 is 15.9 Å². The van der Waals surface area contributed by atoms with Gasteiger partial charge in [-0.25, -0.2) is 9.97 Å². The SMILES string of the molecule is [CH]c1ncc(Br)cn1. The molecule has 1 aromatic heterocycles. The summed E-state index contributed by atoms with van der Waals surface area (Å²) in [5, 5.41) is 0. The summed E-state index contributed by atoms with van der Waals surface area (Å²) in [5.41, 5.74) is 0. The van der Waals surface area contributed by atoms with Crippen LogP contribution in [0.3, 0.4) is 0 Å². The third kappa shape index (κ3) is 1.26. The molecule has 0 unspecified atom stereocenters. The van der Waals surface area contributed by atoms with Gasteiger partial charge in [0, 0.05) is 19.3 Å². The van der Waals surface area contributed by atoms with Crippen LogP contribution in [0.1, 0.15) is 5.82 Å². The zero-order valence-corrected chi connectivity index (χ0v) is 5.59. The second-order valence-electron chi connectivity index (χ2n) is 1.26. The predicted molar refractivity (Wildman–Crippen MR) is 33.1 cm³/mol. The Morgan fingerprint density at radius 2 is 1.88 bits per heavy atom. The summed E-state index contributed by atoms with van der Waals surface area (Å²) in [6.07, 6.45) is 3.20. The van der Waals surface area contributed by atoms with Gasteiger partial charge in [0.2, 0.25) is 0 Å². The number of hydrogen-bond acceptors (Lipinski definition) is 2. The van der Waals surface area contributed by atoms with Crippen LogP contribution in [0, 0.1) is 6.92 Å². The Bertz CT molecular complexity index is 149. The molecule has 0 amide bonds. The average Bonchev–Trinajstić information content (AvgIpc) is 1.77. The molecule has 2 radical (unpaired) electrons. The van der Waals surface area contributed by atoms with E-state index in [0.29, 0.717) is 5.82 Å². The van der Waals surface area contributed by atoms with Gasteiger partial charge in [0.15, 0.2) is 0 Å². The van der Waals surface area contributed by atoms with Gasteiger partial charge in [-0.1, -0.05) is 0 Å². The van der Waals surface area contributed by atoms with Crippen LogP contribution in [-0.2, 0) is 0 Å². The normalized spacial score (nSPS) is 9.25. The number of nitrogens with zero attached hydrogens (tertiary/aromatic N) is 2. The average molecular weight is 171 g/mol. The molecule has 1 heterocycles. The van der Waals surface area contributed by atoms with Crippen LogP contribution in [0.5, 0.6) is 0 Å². The summed E-state index contributed by atoms with van der Waals surface area (Å²) in [4.78, 5) is 7.40. The van der Waals surface area contributed by atoms with Gasteiger partial charge in [-0.2, -0.15) is 0 Å². The monoisotopic (exact) mass is 170 g/mol. The van der Waals surface area contributed by atoms with Crippen LogP contribution in [0.15, 0.2) is 16.9 Å². The quantitative estimate of drug-likeness (QED) is 0.587. The summed E-state index contributed by atoms with van der Waals surface area (Å²) in [5.74, 6) is 0.299. The minimum atomic E-state index is 0.299. The molecule has 3 heteroatoms. The number of hydrogen-bond donors (Lipinski definition) is 0. The highest BCUT2D eigenvalue weighted by Gasteiger charge is 1.84. The van der Waals surface area contributed by atoms with E-state index in [-0.39, 0.29) is 0 Å². The van der Waals surface area contributed by atoms with Crippen LogP contribution in [0.4, 0.5) is 0 Å². The molecule has 1 rings (SSSR count). The first-order chi connectivity index (χ1) is 3.79. The highest BCUT2D eigenvalue weighted by molar-refractivity contribution is 9.10. The van der Waals surface area contributed by atoms with Crippen LogP contribution in [0.25, 0.3) is 0 Å². The van der Waals surface area contributed by atoms with Crippen molar-refractivity contribution < 1.29 is 0 Å². The molecule has 0 bridgehead atoms. The molecule has 8 heavy (non-hydrogen) atoms. The van der Waals surface area contributed by atoms with Gasteiger partial charge in [-0.3, -0.25) is 0 Å². The summed E-state index contributed by atoms with van der Waals surface area (Å²) in [6.45, 7) is 5.18. The predicted octanol–water partition coefficient (Wildman–Crippen LogP) is 1.30. The largest absolute Gasteiger partial charge is 0.240 e. The van der Waals surface area contributed by atoms with E-state index < -0.39 is 0 Å². The molecule has 0 aliphatic carbocycles. The van der Waals surface area contributed by atoms with Crippen molar-refractivity contribution in [1.29, 1.82) is 0 Å². The summed E-state index contributed by atoms with van der Waals surface area (Å²) in [6, 6.07) is 0. The molecule has 0 aliphatic rings. The lowest BCUT2D eigenvalue weighted by atomic mass is 10.6. The Kier molecular flexibility index (Phi) is 1.58. The zero-order chi connectivity index (χ0) is 5.98. The topological polar surface area (TPSA) is 25.8 Å². The molecule has 0 aromatic carbocycles. The molecule has 0 aliphatic heterocycles. The Labute approximate surface area is 56.1 Å². The highest BCUT2D eigenvalue weighted by Crippen LogP contribution is 2.02. The number of aromatic nitrogens is 2. The van der Waals surface area contributed by atoms with Gasteiger partial charge in [-0.05, 0) is 15.9 Å². The van der Waals surface area contributed by atoms with Crippen molar-refractivity contribution in [3.8, 4) is 0 Å². The Hall–Kier alpha value is -0.440. The molecule has 0 saturated heterocycles. The van der Waals surface area contributed by atoms with Gasteiger partial charge in [0.25, 0.3) is 0 Å². The van der Waals surface area contributed by atoms with Crippen LogP contribution < -0.4 is 0 Å². The van der Waals surface area contributed by atoms with Crippen molar-refractivity contribution in [2.24, 2.45) is 0 Å². The Balaban J connectivity index is 3.03. The highest BCUT2D eigenvalue weighted by atomic mass is 79.9. The molecule has 0 atom stereocenters. The van der Waals surface area contributed by atoms with Gasteiger partial charge < -0.3 is 0 Å². The molecule has 1 aromatic rings. The van der Waals surface area contributed by atoms with Crippen LogP contribution in [0.2, 0.25) is 0 Å². The van der Waals surface area contributed by atoms with Gasteiger partial charge in [0.05, 0.1) is 4.47 Å². The number of rotatable bonds is 0. The lowest BCUT2D eigenvalue weighted by molar-refractivity contribution is 1.10. The second kappa shape index (κ2) is 2.22. The van der Waals surface area contributed by atoms with Crippen molar-refractivity contribution in [3.05, 3.63) is 29.6 Å². The fraction of sp³-hybridized carbons (Fsp3) is 0. The smallest absolute Gasteiger partial charge is 0.132 e. The third-order valence-corrected chi connectivity index (χ3v) is 1.05. The minimum absolute atomic E-state index is 0.299. The van der Waals surface area contributed by atoms with E-state index in [9.17, 15) is 0 Å². The minimum Gasteiger partial charge on any atom is -0.240 e. The molecule has 0 spiro atoms. The second-order valence-corrected chi connectivity index (χ2v) is 2.18. The maximum atomic E-state index is 5.18. The zero-order valence-electron chi connectivity index (χ0n) is 4.00. The standard InChI is InChI=1S/C5H3BrN2/c1-4-7-2-5(6)3-8-4/h1-3H. The van der Waals surface area contributed by atoms with Crippen molar-refractivity contribution in [2.45, 2.75) is 0 Å². The van der Waals surface area contributed by atoms with E-state index in [1.54, 1.807) is 12.4 Å². The first-order valence-corrected chi connectivity index (χ1v) is 2.81. The van der Waals surface area contributed by atoms with E-state index >= 15 is 0 Å². The van der Waals surface area contributed by atoms with Gasteiger partial charge >= 0.3 is 0 Å². The van der Waals surface area contributed by atoms with E-state index in [0.717, 1.165) is 4.47 Å². The molecule has 2 nitrogen and oxygen atoms in total. The van der Waals surface area contributed by atoms with E-state index in [4.69, 9.17) is 6.92 Å².